The van der Waals surface area contributed by atoms with Crippen LogP contribution in [-0.4, -0.2) is 17.6 Å². The van der Waals surface area contributed by atoms with Crippen LogP contribution >= 0.6 is 0 Å². The maximum atomic E-state index is 11.7. The summed E-state index contributed by atoms with van der Waals surface area (Å²) in [5.41, 5.74) is 3.43. The first-order valence-electron chi connectivity index (χ1n) is 7.44. The summed E-state index contributed by atoms with van der Waals surface area (Å²) in [6.07, 6.45) is 4.68. The van der Waals surface area contributed by atoms with E-state index in [2.05, 4.69) is 38.1 Å². The molecule has 0 amide bonds. The first kappa shape index (κ1) is 14.8. The SMILES string of the molecule is CCOC(=O)C1CC=C(c2cccc(C(C)C)n2)CC1. The molecule has 2 rings (SSSR count). The molecule has 0 N–H and O–H groups in total. The average Bonchev–Trinajstić information content (AvgIpc) is 2.48. The van der Waals surface area contributed by atoms with Crippen LogP contribution in [0.2, 0.25) is 0 Å². The molecular weight excluding hydrogens is 250 g/mol. The van der Waals surface area contributed by atoms with Gasteiger partial charge >= 0.3 is 5.97 Å². The minimum Gasteiger partial charge on any atom is -0.466 e. The highest BCUT2D eigenvalue weighted by molar-refractivity contribution is 5.75. The summed E-state index contributed by atoms with van der Waals surface area (Å²) in [6, 6.07) is 6.19. The molecule has 0 aromatic carbocycles. The van der Waals surface area contributed by atoms with Crippen LogP contribution in [0.4, 0.5) is 0 Å². The van der Waals surface area contributed by atoms with Gasteiger partial charge in [-0.05, 0) is 49.8 Å². The highest BCUT2D eigenvalue weighted by Crippen LogP contribution is 2.30. The van der Waals surface area contributed by atoms with Crippen molar-refractivity contribution >= 4 is 11.5 Å². The summed E-state index contributed by atoms with van der Waals surface area (Å²) in [5, 5.41) is 0. The summed E-state index contributed by atoms with van der Waals surface area (Å²) in [7, 11) is 0. The minimum absolute atomic E-state index is 0.0204. The summed E-state index contributed by atoms with van der Waals surface area (Å²) in [5.74, 6) is 0.394. The molecule has 0 radical (unpaired) electrons. The number of nitrogens with zero attached hydrogens (tertiary/aromatic N) is 1. The topological polar surface area (TPSA) is 39.2 Å². The van der Waals surface area contributed by atoms with E-state index in [4.69, 9.17) is 9.72 Å². The molecule has 0 saturated heterocycles. The molecule has 1 unspecified atom stereocenters. The number of rotatable bonds is 4. The number of carbonyl (C=O) groups is 1. The van der Waals surface area contributed by atoms with Crippen molar-refractivity contribution in [3.8, 4) is 0 Å². The van der Waals surface area contributed by atoms with Gasteiger partial charge in [0.25, 0.3) is 0 Å². The normalized spacial score (nSPS) is 18.8. The van der Waals surface area contributed by atoms with Crippen molar-refractivity contribution in [1.29, 1.82) is 0 Å². The lowest BCUT2D eigenvalue weighted by Crippen LogP contribution is -2.19. The third-order valence-electron chi connectivity index (χ3n) is 3.72. The molecule has 1 aliphatic carbocycles. The zero-order valence-corrected chi connectivity index (χ0v) is 12.6. The molecule has 0 spiro atoms. The van der Waals surface area contributed by atoms with Crippen LogP contribution in [0.3, 0.4) is 0 Å². The smallest absolute Gasteiger partial charge is 0.309 e. The van der Waals surface area contributed by atoms with Gasteiger partial charge < -0.3 is 4.74 Å². The minimum atomic E-state index is -0.0632. The molecule has 0 aliphatic heterocycles. The van der Waals surface area contributed by atoms with E-state index in [1.807, 2.05) is 6.92 Å². The van der Waals surface area contributed by atoms with E-state index >= 15 is 0 Å². The van der Waals surface area contributed by atoms with Gasteiger partial charge in [-0.2, -0.15) is 0 Å². The monoisotopic (exact) mass is 273 g/mol. The van der Waals surface area contributed by atoms with E-state index in [0.717, 1.165) is 30.7 Å². The second kappa shape index (κ2) is 6.69. The second-order valence-corrected chi connectivity index (χ2v) is 5.56. The van der Waals surface area contributed by atoms with Gasteiger partial charge in [0.15, 0.2) is 0 Å². The highest BCUT2D eigenvalue weighted by Gasteiger charge is 2.23. The lowest BCUT2D eigenvalue weighted by atomic mass is 9.88. The van der Waals surface area contributed by atoms with Gasteiger partial charge in [-0.1, -0.05) is 26.0 Å². The van der Waals surface area contributed by atoms with E-state index in [9.17, 15) is 4.79 Å². The molecular formula is C17H23NO2. The third kappa shape index (κ3) is 3.47. The molecule has 1 aliphatic rings. The molecule has 0 fully saturated rings. The number of hydrogen-bond donors (Lipinski definition) is 0. The van der Waals surface area contributed by atoms with Gasteiger partial charge in [0.1, 0.15) is 0 Å². The van der Waals surface area contributed by atoms with Crippen molar-refractivity contribution in [3.63, 3.8) is 0 Å². The Kier molecular flexibility index (Phi) is 4.94. The Hall–Kier alpha value is -1.64. The van der Waals surface area contributed by atoms with Crippen LogP contribution in [0.15, 0.2) is 24.3 Å². The van der Waals surface area contributed by atoms with E-state index in [1.54, 1.807) is 0 Å². The predicted molar refractivity (Wildman–Crippen MR) is 80.3 cm³/mol. The average molecular weight is 273 g/mol. The Morgan fingerprint density at radius 2 is 2.25 bits per heavy atom. The lowest BCUT2D eigenvalue weighted by Gasteiger charge is -2.20. The summed E-state index contributed by atoms with van der Waals surface area (Å²) in [6.45, 7) is 6.61. The molecule has 1 atom stereocenters. The Morgan fingerprint density at radius 3 is 2.85 bits per heavy atom. The van der Waals surface area contributed by atoms with Crippen LogP contribution in [0.5, 0.6) is 0 Å². The fourth-order valence-electron chi connectivity index (χ4n) is 2.49. The van der Waals surface area contributed by atoms with E-state index in [-0.39, 0.29) is 11.9 Å². The van der Waals surface area contributed by atoms with E-state index in [1.165, 1.54) is 5.57 Å². The number of carbonyl (C=O) groups excluding carboxylic acids is 1. The van der Waals surface area contributed by atoms with Crippen LogP contribution in [0.1, 0.15) is 57.3 Å². The fraction of sp³-hybridized carbons (Fsp3) is 0.529. The summed E-state index contributed by atoms with van der Waals surface area (Å²) < 4.78 is 5.09. The van der Waals surface area contributed by atoms with Crippen LogP contribution in [-0.2, 0) is 9.53 Å². The standard InChI is InChI=1S/C17H23NO2/c1-4-20-17(19)14-10-8-13(9-11-14)16-7-5-6-15(18-16)12(2)3/h5-8,12,14H,4,9-11H2,1-3H3. The van der Waals surface area contributed by atoms with Crippen LogP contribution < -0.4 is 0 Å². The van der Waals surface area contributed by atoms with Crippen molar-refractivity contribution in [2.24, 2.45) is 5.92 Å². The van der Waals surface area contributed by atoms with Gasteiger partial charge in [0.2, 0.25) is 0 Å². The van der Waals surface area contributed by atoms with Gasteiger partial charge in [-0.25, -0.2) is 0 Å². The molecule has 1 aromatic rings. The highest BCUT2D eigenvalue weighted by atomic mass is 16.5. The molecule has 3 nitrogen and oxygen atoms in total. The zero-order valence-electron chi connectivity index (χ0n) is 12.6. The van der Waals surface area contributed by atoms with E-state index < -0.39 is 0 Å². The van der Waals surface area contributed by atoms with Gasteiger partial charge in [-0.3, -0.25) is 9.78 Å². The Morgan fingerprint density at radius 1 is 1.45 bits per heavy atom. The van der Waals surface area contributed by atoms with Crippen LogP contribution in [0, 0.1) is 5.92 Å². The third-order valence-corrected chi connectivity index (χ3v) is 3.72. The largest absolute Gasteiger partial charge is 0.466 e. The lowest BCUT2D eigenvalue weighted by molar-refractivity contribution is -0.148. The first-order chi connectivity index (χ1) is 9.61. The number of hydrogen-bond acceptors (Lipinski definition) is 3. The maximum Gasteiger partial charge on any atom is 0.309 e. The van der Waals surface area contributed by atoms with Crippen molar-refractivity contribution < 1.29 is 9.53 Å². The molecule has 3 heteroatoms. The second-order valence-electron chi connectivity index (χ2n) is 5.56. The maximum absolute atomic E-state index is 11.7. The number of aromatic nitrogens is 1. The Bertz CT molecular complexity index is 505. The quantitative estimate of drug-likeness (QED) is 0.780. The van der Waals surface area contributed by atoms with Crippen molar-refractivity contribution in [3.05, 3.63) is 35.7 Å². The molecule has 20 heavy (non-hydrogen) atoms. The Balaban J connectivity index is 2.08. The van der Waals surface area contributed by atoms with E-state index in [0.29, 0.717) is 12.5 Å². The predicted octanol–water partition coefficient (Wildman–Crippen LogP) is 3.95. The molecule has 1 aromatic heterocycles. The van der Waals surface area contributed by atoms with Gasteiger partial charge in [0, 0.05) is 5.69 Å². The molecule has 108 valence electrons. The summed E-state index contributed by atoms with van der Waals surface area (Å²) in [4.78, 5) is 16.4. The van der Waals surface area contributed by atoms with Crippen molar-refractivity contribution in [2.45, 2.75) is 46.0 Å². The Labute approximate surface area is 121 Å². The number of allylic oxidation sites excluding steroid dienone is 2. The number of esters is 1. The van der Waals surface area contributed by atoms with Gasteiger partial charge in [0.05, 0.1) is 18.2 Å². The van der Waals surface area contributed by atoms with Gasteiger partial charge in [-0.15, -0.1) is 0 Å². The fourth-order valence-corrected chi connectivity index (χ4v) is 2.49. The van der Waals surface area contributed by atoms with Crippen molar-refractivity contribution in [1.82, 2.24) is 4.98 Å². The molecule has 0 saturated carbocycles. The molecule has 1 heterocycles. The number of pyridine rings is 1. The van der Waals surface area contributed by atoms with Crippen LogP contribution in [0.25, 0.3) is 5.57 Å². The number of ether oxygens (including phenoxy) is 1. The first-order valence-corrected chi connectivity index (χ1v) is 7.44. The zero-order chi connectivity index (χ0) is 14.5. The molecule has 0 bridgehead atoms. The van der Waals surface area contributed by atoms with Crippen molar-refractivity contribution in [2.75, 3.05) is 6.61 Å². The summed E-state index contributed by atoms with van der Waals surface area (Å²) >= 11 is 0.